The summed E-state index contributed by atoms with van der Waals surface area (Å²) in [7, 11) is 1.55. The fraction of sp³-hybridized carbons (Fsp3) is 0.167. The summed E-state index contributed by atoms with van der Waals surface area (Å²) in [6.07, 6.45) is 0.770. The largest absolute Gasteiger partial charge is 0.495 e. The number of para-hydroxylation sites is 1. The molecule has 0 atom stereocenters. The summed E-state index contributed by atoms with van der Waals surface area (Å²) >= 11 is 0. The molecule has 0 fully saturated rings. The Morgan fingerprint density at radius 2 is 1.80 bits per heavy atom. The fourth-order valence-electron chi connectivity index (χ4n) is 3.57. The Morgan fingerprint density at radius 3 is 2.53 bits per heavy atom. The number of amides is 1. The molecule has 1 heterocycles. The van der Waals surface area contributed by atoms with Crippen LogP contribution in [0.15, 0.2) is 65.5 Å². The maximum Gasteiger partial charge on any atom is 0.276 e. The summed E-state index contributed by atoms with van der Waals surface area (Å²) in [6.45, 7) is 2.35. The molecular formula is C24H22N2O4. The van der Waals surface area contributed by atoms with Crippen LogP contribution in [0.4, 0.5) is 0 Å². The minimum Gasteiger partial charge on any atom is -0.495 e. The van der Waals surface area contributed by atoms with Gasteiger partial charge < -0.3 is 9.72 Å². The minimum atomic E-state index is -0.419. The SMILES string of the molecule is CCCONC(=O)c1ccc(-c2ccccc2)c2c(=O)c3cccc(OC)c3[nH]c12. The Kier molecular flexibility index (Phi) is 5.50. The van der Waals surface area contributed by atoms with Crippen molar-refractivity contribution in [3.05, 3.63) is 76.5 Å². The smallest absolute Gasteiger partial charge is 0.276 e. The highest BCUT2D eigenvalue weighted by Crippen LogP contribution is 2.31. The van der Waals surface area contributed by atoms with E-state index in [9.17, 15) is 9.59 Å². The Bertz CT molecular complexity index is 1280. The first-order chi connectivity index (χ1) is 14.7. The number of H-pyrrole nitrogens is 1. The molecule has 2 N–H and O–H groups in total. The Hall–Kier alpha value is -3.64. The van der Waals surface area contributed by atoms with Crippen molar-refractivity contribution in [3.63, 3.8) is 0 Å². The lowest BCUT2D eigenvalue weighted by Gasteiger charge is -2.14. The molecule has 4 aromatic rings. The van der Waals surface area contributed by atoms with Gasteiger partial charge in [-0.3, -0.25) is 14.4 Å². The molecule has 0 saturated heterocycles. The zero-order chi connectivity index (χ0) is 21.1. The van der Waals surface area contributed by atoms with Gasteiger partial charge in [-0.1, -0.05) is 49.4 Å². The van der Waals surface area contributed by atoms with E-state index in [2.05, 4.69) is 10.5 Å². The lowest BCUT2D eigenvalue weighted by atomic mass is 9.96. The first-order valence-electron chi connectivity index (χ1n) is 9.79. The van der Waals surface area contributed by atoms with Crippen molar-refractivity contribution in [1.82, 2.24) is 10.5 Å². The highest BCUT2D eigenvalue weighted by atomic mass is 16.6. The number of rotatable bonds is 6. The van der Waals surface area contributed by atoms with Gasteiger partial charge in [0.25, 0.3) is 5.91 Å². The van der Waals surface area contributed by atoms with Crippen molar-refractivity contribution in [2.24, 2.45) is 0 Å². The summed E-state index contributed by atoms with van der Waals surface area (Å²) in [5.74, 6) is 0.114. The summed E-state index contributed by atoms with van der Waals surface area (Å²) in [4.78, 5) is 34.8. The molecule has 0 radical (unpaired) electrons. The number of hydrogen-bond donors (Lipinski definition) is 2. The number of nitrogens with one attached hydrogen (secondary N) is 2. The summed E-state index contributed by atoms with van der Waals surface area (Å²) in [5.41, 5.74) is 5.25. The number of aromatic nitrogens is 1. The van der Waals surface area contributed by atoms with Crippen LogP contribution in [0.5, 0.6) is 5.75 Å². The van der Waals surface area contributed by atoms with Crippen LogP contribution >= 0.6 is 0 Å². The number of hydrogen-bond acceptors (Lipinski definition) is 4. The van der Waals surface area contributed by atoms with Gasteiger partial charge in [-0.05, 0) is 35.7 Å². The van der Waals surface area contributed by atoms with Gasteiger partial charge in [0.15, 0.2) is 5.43 Å². The summed E-state index contributed by atoms with van der Waals surface area (Å²) in [6, 6.07) is 18.4. The lowest BCUT2D eigenvalue weighted by Crippen LogP contribution is -2.25. The van der Waals surface area contributed by atoms with Crippen LogP contribution in [0.25, 0.3) is 32.9 Å². The molecule has 30 heavy (non-hydrogen) atoms. The quantitative estimate of drug-likeness (QED) is 0.284. The first-order valence-corrected chi connectivity index (χ1v) is 9.79. The third kappa shape index (κ3) is 3.42. The van der Waals surface area contributed by atoms with Gasteiger partial charge in [-0.25, -0.2) is 5.48 Å². The second kappa shape index (κ2) is 8.39. The molecular weight excluding hydrogens is 380 g/mol. The lowest BCUT2D eigenvalue weighted by molar-refractivity contribution is 0.0316. The predicted molar refractivity (Wildman–Crippen MR) is 118 cm³/mol. The normalized spacial score (nSPS) is 11.0. The van der Waals surface area contributed by atoms with Crippen molar-refractivity contribution in [2.75, 3.05) is 13.7 Å². The summed E-state index contributed by atoms with van der Waals surface area (Å²) in [5, 5.41) is 0.948. The molecule has 6 heteroatoms. The standard InChI is InChI=1S/C24H22N2O4/c1-3-14-30-26-24(28)18-13-12-16(15-8-5-4-6-9-15)20-22(18)25-21-17(23(20)27)10-7-11-19(21)29-2/h4-13H,3,14H2,1-2H3,(H,25,27)(H,26,28). The number of methoxy groups -OCH3 is 1. The highest BCUT2D eigenvalue weighted by molar-refractivity contribution is 6.11. The second-order valence-corrected chi connectivity index (χ2v) is 6.89. The Labute approximate surface area is 173 Å². The average Bonchev–Trinajstić information content (AvgIpc) is 2.79. The van der Waals surface area contributed by atoms with Gasteiger partial charge in [0.1, 0.15) is 5.75 Å². The van der Waals surface area contributed by atoms with E-state index >= 15 is 0 Å². The highest BCUT2D eigenvalue weighted by Gasteiger charge is 2.19. The van der Waals surface area contributed by atoms with E-state index in [1.165, 1.54) is 0 Å². The molecule has 3 aromatic carbocycles. The van der Waals surface area contributed by atoms with Crippen molar-refractivity contribution < 1.29 is 14.4 Å². The van der Waals surface area contributed by atoms with Gasteiger partial charge in [0.2, 0.25) is 0 Å². The number of hydroxylamine groups is 1. The molecule has 152 valence electrons. The van der Waals surface area contributed by atoms with E-state index in [0.717, 1.165) is 17.5 Å². The van der Waals surface area contributed by atoms with Crippen LogP contribution in [-0.4, -0.2) is 24.6 Å². The topological polar surface area (TPSA) is 80.4 Å². The van der Waals surface area contributed by atoms with Gasteiger partial charge in [-0.15, -0.1) is 0 Å². The fourth-order valence-corrected chi connectivity index (χ4v) is 3.57. The third-order valence-electron chi connectivity index (χ3n) is 4.97. The molecule has 0 spiro atoms. The van der Waals surface area contributed by atoms with Crippen LogP contribution in [0.1, 0.15) is 23.7 Å². The molecule has 0 bridgehead atoms. The van der Waals surface area contributed by atoms with Crippen molar-refractivity contribution >= 4 is 27.7 Å². The number of ether oxygens (including phenoxy) is 1. The Balaban J connectivity index is 2.05. The molecule has 0 aliphatic carbocycles. The van der Waals surface area contributed by atoms with E-state index in [1.807, 2.05) is 37.3 Å². The van der Waals surface area contributed by atoms with Crippen LogP contribution in [0.2, 0.25) is 0 Å². The van der Waals surface area contributed by atoms with Crippen LogP contribution in [0.3, 0.4) is 0 Å². The van der Waals surface area contributed by atoms with Gasteiger partial charge in [0.05, 0.1) is 35.7 Å². The second-order valence-electron chi connectivity index (χ2n) is 6.89. The molecule has 6 nitrogen and oxygen atoms in total. The van der Waals surface area contributed by atoms with Crippen LogP contribution < -0.4 is 15.6 Å². The van der Waals surface area contributed by atoms with Gasteiger partial charge >= 0.3 is 0 Å². The number of benzene rings is 3. The van der Waals surface area contributed by atoms with E-state index in [-0.39, 0.29) is 5.43 Å². The molecule has 1 aromatic heterocycles. The predicted octanol–water partition coefficient (Wildman–Crippen LogP) is 4.43. The maximum absolute atomic E-state index is 13.5. The van der Waals surface area contributed by atoms with Crippen LogP contribution in [0, 0.1) is 0 Å². The summed E-state index contributed by atoms with van der Waals surface area (Å²) < 4.78 is 5.43. The van der Waals surface area contributed by atoms with E-state index in [1.54, 1.807) is 37.4 Å². The minimum absolute atomic E-state index is 0.166. The van der Waals surface area contributed by atoms with Crippen molar-refractivity contribution in [3.8, 4) is 16.9 Å². The van der Waals surface area contributed by atoms with Crippen molar-refractivity contribution in [1.29, 1.82) is 0 Å². The number of fused-ring (bicyclic) bond motifs is 2. The van der Waals surface area contributed by atoms with Gasteiger partial charge in [0, 0.05) is 5.39 Å². The van der Waals surface area contributed by atoms with Crippen molar-refractivity contribution in [2.45, 2.75) is 13.3 Å². The number of pyridine rings is 1. The first kappa shape index (κ1) is 19.7. The third-order valence-corrected chi connectivity index (χ3v) is 4.97. The zero-order valence-electron chi connectivity index (χ0n) is 16.8. The van der Waals surface area contributed by atoms with Gasteiger partial charge in [-0.2, -0.15) is 0 Å². The van der Waals surface area contributed by atoms with E-state index in [0.29, 0.717) is 39.7 Å². The number of carbonyl (C=O) groups excluding carboxylic acids is 1. The molecule has 4 rings (SSSR count). The van der Waals surface area contributed by atoms with E-state index < -0.39 is 5.91 Å². The maximum atomic E-state index is 13.5. The number of carbonyl (C=O) groups is 1. The van der Waals surface area contributed by atoms with Crippen LogP contribution in [-0.2, 0) is 4.84 Å². The molecule has 0 aliphatic heterocycles. The molecule has 0 unspecified atom stereocenters. The molecule has 0 aliphatic rings. The number of aromatic amines is 1. The molecule has 1 amide bonds. The molecule has 0 saturated carbocycles. The monoisotopic (exact) mass is 402 g/mol. The Morgan fingerprint density at radius 1 is 1.00 bits per heavy atom. The zero-order valence-corrected chi connectivity index (χ0v) is 16.8. The van der Waals surface area contributed by atoms with E-state index in [4.69, 9.17) is 9.57 Å². The average molecular weight is 402 g/mol.